The number of hydrogen-bond acceptors (Lipinski definition) is 1. The lowest BCUT2D eigenvalue weighted by atomic mass is 9.51. The molecule has 0 saturated heterocycles. The van der Waals surface area contributed by atoms with Crippen molar-refractivity contribution in [1.82, 2.24) is 0 Å². The lowest BCUT2D eigenvalue weighted by Crippen LogP contribution is -2.64. The molecule has 1 atom stereocenters. The van der Waals surface area contributed by atoms with Gasteiger partial charge in [-0.25, -0.2) is 13.2 Å². The van der Waals surface area contributed by atoms with Gasteiger partial charge in [-0.2, -0.15) is 0 Å². The second-order valence-electron chi connectivity index (χ2n) is 8.27. The second-order valence-corrected chi connectivity index (χ2v) is 8.27. The molecule has 0 N–H and O–H groups in total. The molecule has 4 rings (SSSR count). The molecule has 4 saturated carbocycles. The topological polar surface area (TPSA) is 9.23 Å². The molecule has 0 amide bonds. The van der Waals surface area contributed by atoms with Gasteiger partial charge in [0.05, 0.1) is 12.7 Å². The largest absolute Gasteiger partial charge is 0.378 e. The van der Waals surface area contributed by atoms with Crippen molar-refractivity contribution in [1.29, 1.82) is 0 Å². The molecule has 2 bridgehead atoms. The summed E-state index contributed by atoms with van der Waals surface area (Å²) in [5.41, 5.74) is -2.09. The molecule has 128 valence electrons. The Morgan fingerprint density at radius 2 is 1.59 bits per heavy atom. The van der Waals surface area contributed by atoms with Crippen LogP contribution in [-0.4, -0.2) is 24.8 Å². The molecule has 0 heterocycles. The summed E-state index contributed by atoms with van der Waals surface area (Å²) < 4.78 is 49.3. The molecular formula is C18H29F3O. The third kappa shape index (κ3) is 2.50. The van der Waals surface area contributed by atoms with Crippen molar-refractivity contribution in [2.45, 2.75) is 89.8 Å². The Kier molecular flexibility index (Phi) is 4.29. The highest BCUT2D eigenvalue weighted by Crippen LogP contribution is 2.64. The SMILES string of the molecule is CCC1CCC(OCC23CCC(C)(CC2)C(F)(F)C3F)CC1. The minimum Gasteiger partial charge on any atom is -0.378 e. The minimum atomic E-state index is -3.20. The lowest BCUT2D eigenvalue weighted by Gasteiger charge is -2.58. The summed E-state index contributed by atoms with van der Waals surface area (Å²) in [6.07, 6.45) is 5.55. The highest BCUT2D eigenvalue weighted by Gasteiger charge is 2.69. The molecule has 1 nitrogen and oxygen atoms in total. The van der Waals surface area contributed by atoms with E-state index >= 15 is 0 Å². The number of rotatable bonds is 4. The standard InChI is InChI=1S/C18H29F3O/c1-3-13-4-6-14(7-5-13)22-12-17-10-8-16(2,9-11-17)18(20,21)15(17)19/h13-15H,3-12H2,1-2H3. The maximum atomic E-state index is 14.6. The number of alkyl halides is 3. The summed E-state index contributed by atoms with van der Waals surface area (Å²) in [5, 5.41) is 0. The van der Waals surface area contributed by atoms with Crippen molar-refractivity contribution in [3.05, 3.63) is 0 Å². The molecule has 4 fully saturated rings. The Labute approximate surface area is 132 Å². The molecule has 22 heavy (non-hydrogen) atoms. The third-order valence-corrected chi connectivity index (χ3v) is 6.99. The molecule has 0 aromatic rings. The van der Waals surface area contributed by atoms with Crippen molar-refractivity contribution >= 4 is 0 Å². The van der Waals surface area contributed by atoms with Crippen LogP contribution < -0.4 is 0 Å². The highest BCUT2D eigenvalue weighted by molar-refractivity contribution is 5.12. The van der Waals surface area contributed by atoms with Crippen LogP contribution >= 0.6 is 0 Å². The zero-order chi connectivity index (χ0) is 16.0. The van der Waals surface area contributed by atoms with Crippen LogP contribution in [0.5, 0.6) is 0 Å². The van der Waals surface area contributed by atoms with Gasteiger partial charge in [-0.1, -0.05) is 20.3 Å². The normalized spacial score (nSPS) is 47.6. The fraction of sp³-hybridized carbons (Fsp3) is 1.00. The van der Waals surface area contributed by atoms with Crippen LogP contribution in [0.1, 0.15) is 71.6 Å². The van der Waals surface area contributed by atoms with Crippen LogP contribution in [0.15, 0.2) is 0 Å². The predicted octanol–water partition coefficient (Wildman–Crippen LogP) is 5.53. The van der Waals surface area contributed by atoms with Crippen LogP contribution in [0.3, 0.4) is 0 Å². The summed E-state index contributed by atoms with van der Waals surface area (Å²) in [5.74, 6) is -2.42. The van der Waals surface area contributed by atoms with E-state index in [0.29, 0.717) is 25.7 Å². The molecular weight excluding hydrogens is 289 g/mol. The smallest absolute Gasteiger partial charge is 0.284 e. The van der Waals surface area contributed by atoms with Gasteiger partial charge in [0.1, 0.15) is 0 Å². The van der Waals surface area contributed by atoms with E-state index in [-0.39, 0.29) is 12.7 Å². The molecule has 0 aromatic heterocycles. The quantitative estimate of drug-likeness (QED) is 0.662. The number of hydrogen-bond donors (Lipinski definition) is 0. The van der Waals surface area contributed by atoms with Crippen molar-refractivity contribution in [2.24, 2.45) is 16.7 Å². The van der Waals surface area contributed by atoms with E-state index in [1.165, 1.54) is 6.42 Å². The highest BCUT2D eigenvalue weighted by atomic mass is 19.3. The maximum Gasteiger partial charge on any atom is 0.284 e. The molecule has 4 aliphatic rings. The van der Waals surface area contributed by atoms with Crippen LogP contribution in [0.4, 0.5) is 13.2 Å². The van der Waals surface area contributed by atoms with Crippen LogP contribution in [0.2, 0.25) is 0 Å². The lowest BCUT2D eigenvalue weighted by molar-refractivity contribution is -0.274. The molecule has 0 spiro atoms. The van der Waals surface area contributed by atoms with E-state index in [1.807, 2.05) is 0 Å². The molecule has 4 aliphatic carbocycles. The van der Waals surface area contributed by atoms with Crippen molar-refractivity contribution in [3.8, 4) is 0 Å². The third-order valence-electron chi connectivity index (χ3n) is 6.99. The van der Waals surface area contributed by atoms with E-state index in [9.17, 15) is 13.2 Å². The van der Waals surface area contributed by atoms with E-state index < -0.39 is 22.9 Å². The van der Waals surface area contributed by atoms with Gasteiger partial charge in [-0.3, -0.25) is 0 Å². The number of fused-ring (bicyclic) bond motifs is 3. The monoisotopic (exact) mass is 318 g/mol. The van der Waals surface area contributed by atoms with Crippen molar-refractivity contribution < 1.29 is 17.9 Å². The van der Waals surface area contributed by atoms with Gasteiger partial charge in [0.2, 0.25) is 0 Å². The average molecular weight is 318 g/mol. The fourth-order valence-electron chi connectivity index (χ4n) is 4.79. The van der Waals surface area contributed by atoms with Gasteiger partial charge in [0.25, 0.3) is 5.92 Å². The first-order chi connectivity index (χ1) is 10.3. The summed E-state index contributed by atoms with van der Waals surface area (Å²) in [6, 6.07) is 0. The predicted molar refractivity (Wildman–Crippen MR) is 80.8 cm³/mol. The van der Waals surface area contributed by atoms with Crippen LogP contribution in [0.25, 0.3) is 0 Å². The Hall–Kier alpha value is -0.250. The molecule has 0 aliphatic heterocycles. The first kappa shape index (κ1) is 16.6. The summed E-state index contributed by atoms with van der Waals surface area (Å²) in [7, 11) is 0. The fourth-order valence-corrected chi connectivity index (χ4v) is 4.79. The molecule has 0 radical (unpaired) electrons. The first-order valence-corrected chi connectivity index (χ1v) is 8.96. The molecule has 0 aromatic carbocycles. The zero-order valence-corrected chi connectivity index (χ0v) is 13.8. The Bertz CT molecular complexity index is 393. The van der Waals surface area contributed by atoms with Crippen molar-refractivity contribution in [3.63, 3.8) is 0 Å². The van der Waals surface area contributed by atoms with E-state index in [4.69, 9.17) is 4.74 Å². The molecule has 1 unspecified atom stereocenters. The number of ether oxygens (including phenoxy) is 1. The summed E-state index contributed by atoms with van der Waals surface area (Å²) in [6.45, 7) is 3.94. The Morgan fingerprint density at radius 3 is 2.14 bits per heavy atom. The van der Waals surface area contributed by atoms with Gasteiger partial charge >= 0.3 is 0 Å². The number of halogens is 3. The van der Waals surface area contributed by atoms with Gasteiger partial charge in [-0.05, 0) is 57.3 Å². The van der Waals surface area contributed by atoms with Gasteiger partial charge in [-0.15, -0.1) is 0 Å². The zero-order valence-electron chi connectivity index (χ0n) is 13.8. The van der Waals surface area contributed by atoms with E-state index in [0.717, 1.165) is 31.6 Å². The van der Waals surface area contributed by atoms with E-state index in [1.54, 1.807) is 6.92 Å². The second kappa shape index (κ2) is 5.68. The summed E-state index contributed by atoms with van der Waals surface area (Å²) in [4.78, 5) is 0. The average Bonchev–Trinajstić information content (AvgIpc) is 2.53. The van der Waals surface area contributed by atoms with E-state index in [2.05, 4.69) is 6.92 Å². The van der Waals surface area contributed by atoms with Crippen molar-refractivity contribution in [2.75, 3.05) is 6.61 Å². The van der Waals surface area contributed by atoms with Gasteiger partial charge < -0.3 is 4.74 Å². The Balaban J connectivity index is 1.60. The molecule has 4 heteroatoms. The minimum absolute atomic E-state index is 0.147. The first-order valence-electron chi connectivity index (χ1n) is 8.96. The van der Waals surface area contributed by atoms with Gasteiger partial charge in [0.15, 0.2) is 6.17 Å². The van der Waals surface area contributed by atoms with Crippen LogP contribution in [-0.2, 0) is 4.74 Å². The summed E-state index contributed by atoms with van der Waals surface area (Å²) >= 11 is 0. The van der Waals surface area contributed by atoms with Gasteiger partial charge in [0, 0.05) is 10.8 Å². The Morgan fingerprint density at radius 1 is 1.00 bits per heavy atom. The van der Waals surface area contributed by atoms with Crippen LogP contribution in [0, 0.1) is 16.7 Å². The maximum absolute atomic E-state index is 14.6.